The topological polar surface area (TPSA) is 50.1 Å². The molecule has 0 aliphatic heterocycles. The summed E-state index contributed by atoms with van der Waals surface area (Å²) in [6, 6.07) is 11.4. The number of fused-ring (bicyclic) bond motifs is 1. The Morgan fingerprint density at radius 1 is 1.24 bits per heavy atom. The van der Waals surface area contributed by atoms with Crippen molar-refractivity contribution in [2.45, 2.75) is 20.0 Å². The molecule has 4 heteroatoms. The number of aromatic hydroxyl groups is 1. The van der Waals surface area contributed by atoms with Crippen molar-refractivity contribution in [3.63, 3.8) is 0 Å². The highest BCUT2D eigenvalue weighted by Crippen LogP contribution is 2.21. The fraction of sp³-hybridized carbons (Fsp3) is 0.235. The summed E-state index contributed by atoms with van der Waals surface area (Å²) in [5.74, 6) is 0.296. The summed E-state index contributed by atoms with van der Waals surface area (Å²) in [6.45, 7) is 4.59. The molecular formula is C17H19N3O. The van der Waals surface area contributed by atoms with Gasteiger partial charge >= 0.3 is 0 Å². The highest BCUT2D eigenvalue weighted by molar-refractivity contribution is 5.80. The number of nitrogens with one attached hydrogen (secondary N) is 1. The van der Waals surface area contributed by atoms with Crippen LogP contribution < -0.4 is 5.32 Å². The lowest BCUT2D eigenvalue weighted by Gasteiger charge is -2.05. The molecule has 3 rings (SSSR count). The van der Waals surface area contributed by atoms with Crippen molar-refractivity contribution in [1.29, 1.82) is 0 Å². The van der Waals surface area contributed by atoms with Gasteiger partial charge in [-0.05, 0) is 41.9 Å². The van der Waals surface area contributed by atoms with E-state index in [-0.39, 0.29) is 0 Å². The summed E-state index contributed by atoms with van der Waals surface area (Å²) in [5, 5.41) is 14.1. The lowest BCUT2D eigenvalue weighted by Crippen LogP contribution is -2.11. The summed E-state index contributed by atoms with van der Waals surface area (Å²) in [4.78, 5) is 4.50. The Labute approximate surface area is 124 Å². The molecule has 2 N–H and O–H groups in total. The second kappa shape index (κ2) is 5.97. The summed E-state index contributed by atoms with van der Waals surface area (Å²) in [5.41, 5.74) is 3.29. The average molecular weight is 281 g/mol. The number of benzene rings is 1. The molecule has 0 saturated carbocycles. The third-order valence-corrected chi connectivity index (χ3v) is 3.55. The van der Waals surface area contributed by atoms with Crippen molar-refractivity contribution in [3.8, 4) is 5.75 Å². The zero-order chi connectivity index (χ0) is 14.7. The van der Waals surface area contributed by atoms with Crippen LogP contribution >= 0.6 is 0 Å². The van der Waals surface area contributed by atoms with E-state index in [4.69, 9.17) is 0 Å². The molecule has 2 aromatic heterocycles. The van der Waals surface area contributed by atoms with Gasteiger partial charge in [-0.25, -0.2) is 4.98 Å². The molecule has 1 aromatic carbocycles. The maximum absolute atomic E-state index is 9.59. The minimum Gasteiger partial charge on any atom is -0.508 e. The predicted molar refractivity (Wildman–Crippen MR) is 84.3 cm³/mol. The van der Waals surface area contributed by atoms with Crippen molar-refractivity contribution < 1.29 is 5.11 Å². The number of hydrogen-bond acceptors (Lipinski definition) is 3. The molecule has 3 aromatic rings. The number of phenolic OH excluding ortho intramolecular Hbond substituents is 1. The SMILES string of the molecule is CCNCc1cn(Cc2cccc(O)c2)c2ncccc12. The van der Waals surface area contributed by atoms with Crippen LogP contribution in [-0.2, 0) is 13.1 Å². The largest absolute Gasteiger partial charge is 0.508 e. The van der Waals surface area contributed by atoms with Gasteiger partial charge < -0.3 is 15.0 Å². The van der Waals surface area contributed by atoms with E-state index >= 15 is 0 Å². The molecule has 0 amide bonds. The normalized spacial score (nSPS) is 11.1. The maximum atomic E-state index is 9.59. The van der Waals surface area contributed by atoms with Crippen molar-refractivity contribution in [2.24, 2.45) is 0 Å². The molecule has 0 bridgehead atoms. The van der Waals surface area contributed by atoms with Crippen molar-refractivity contribution in [3.05, 3.63) is 59.9 Å². The fourth-order valence-corrected chi connectivity index (χ4v) is 2.57. The summed E-state index contributed by atoms with van der Waals surface area (Å²) in [7, 11) is 0. The number of aromatic nitrogens is 2. The Hall–Kier alpha value is -2.33. The van der Waals surface area contributed by atoms with Crippen molar-refractivity contribution in [2.75, 3.05) is 6.54 Å². The molecule has 108 valence electrons. The Morgan fingerprint density at radius 3 is 2.95 bits per heavy atom. The number of nitrogens with zero attached hydrogens (tertiary/aromatic N) is 2. The minimum absolute atomic E-state index is 0.296. The van der Waals surface area contributed by atoms with E-state index in [0.717, 1.165) is 24.3 Å². The number of rotatable bonds is 5. The molecule has 2 heterocycles. The predicted octanol–water partition coefficient (Wildman–Crippen LogP) is 2.90. The van der Waals surface area contributed by atoms with E-state index in [0.29, 0.717) is 12.3 Å². The van der Waals surface area contributed by atoms with Crippen molar-refractivity contribution >= 4 is 11.0 Å². The van der Waals surface area contributed by atoms with Gasteiger partial charge in [0, 0.05) is 30.9 Å². The maximum Gasteiger partial charge on any atom is 0.140 e. The minimum atomic E-state index is 0.296. The number of pyridine rings is 1. The van der Waals surface area contributed by atoms with E-state index in [1.165, 1.54) is 10.9 Å². The molecule has 0 radical (unpaired) electrons. The van der Waals surface area contributed by atoms with E-state index in [1.807, 2.05) is 24.4 Å². The molecular weight excluding hydrogens is 262 g/mol. The van der Waals surface area contributed by atoms with E-state index < -0.39 is 0 Å². The van der Waals surface area contributed by atoms with Gasteiger partial charge in [0.2, 0.25) is 0 Å². The molecule has 4 nitrogen and oxygen atoms in total. The van der Waals surface area contributed by atoms with Crippen LogP contribution in [0.15, 0.2) is 48.8 Å². The summed E-state index contributed by atoms with van der Waals surface area (Å²) in [6.07, 6.45) is 3.96. The van der Waals surface area contributed by atoms with Crippen LogP contribution in [-0.4, -0.2) is 21.2 Å². The Kier molecular flexibility index (Phi) is 3.88. The van der Waals surface area contributed by atoms with Gasteiger partial charge in [-0.15, -0.1) is 0 Å². The van der Waals surface area contributed by atoms with E-state index in [2.05, 4.69) is 34.1 Å². The van der Waals surface area contributed by atoms with Crippen molar-refractivity contribution in [1.82, 2.24) is 14.9 Å². The Morgan fingerprint density at radius 2 is 2.14 bits per heavy atom. The third-order valence-electron chi connectivity index (χ3n) is 3.55. The molecule has 0 saturated heterocycles. The number of hydrogen-bond donors (Lipinski definition) is 2. The third kappa shape index (κ3) is 2.90. The molecule has 0 spiro atoms. The van der Waals surface area contributed by atoms with Gasteiger partial charge in [-0.1, -0.05) is 19.1 Å². The highest BCUT2D eigenvalue weighted by atomic mass is 16.3. The van der Waals surface area contributed by atoms with Crippen LogP contribution in [0.1, 0.15) is 18.1 Å². The van der Waals surface area contributed by atoms with Gasteiger partial charge in [0.05, 0.1) is 0 Å². The van der Waals surface area contributed by atoms with Crippen LogP contribution in [0.5, 0.6) is 5.75 Å². The lowest BCUT2D eigenvalue weighted by atomic mass is 10.2. The van der Waals surface area contributed by atoms with Crippen LogP contribution in [0, 0.1) is 0 Å². The van der Waals surface area contributed by atoms with Gasteiger partial charge in [0.1, 0.15) is 11.4 Å². The highest BCUT2D eigenvalue weighted by Gasteiger charge is 2.09. The molecule has 0 atom stereocenters. The molecule has 0 aliphatic rings. The molecule has 21 heavy (non-hydrogen) atoms. The van der Waals surface area contributed by atoms with Gasteiger partial charge in [0.15, 0.2) is 0 Å². The van der Waals surface area contributed by atoms with Gasteiger partial charge in [0.25, 0.3) is 0 Å². The summed E-state index contributed by atoms with van der Waals surface area (Å²) < 4.78 is 2.14. The first-order chi connectivity index (χ1) is 10.3. The van der Waals surface area contributed by atoms with Gasteiger partial charge in [-0.2, -0.15) is 0 Å². The Bertz CT molecular complexity index is 749. The molecule has 0 aliphatic carbocycles. The Balaban J connectivity index is 1.98. The van der Waals surface area contributed by atoms with Crippen LogP contribution in [0.4, 0.5) is 0 Å². The van der Waals surface area contributed by atoms with Crippen LogP contribution in [0.2, 0.25) is 0 Å². The smallest absolute Gasteiger partial charge is 0.140 e. The monoisotopic (exact) mass is 281 g/mol. The van der Waals surface area contributed by atoms with E-state index in [9.17, 15) is 5.11 Å². The zero-order valence-electron chi connectivity index (χ0n) is 12.1. The lowest BCUT2D eigenvalue weighted by molar-refractivity contribution is 0.474. The first-order valence-electron chi connectivity index (χ1n) is 7.19. The number of phenols is 1. The first-order valence-corrected chi connectivity index (χ1v) is 7.19. The average Bonchev–Trinajstić information content (AvgIpc) is 2.84. The fourth-order valence-electron chi connectivity index (χ4n) is 2.57. The van der Waals surface area contributed by atoms with Gasteiger partial charge in [-0.3, -0.25) is 0 Å². The van der Waals surface area contributed by atoms with E-state index in [1.54, 1.807) is 12.1 Å². The molecule has 0 fully saturated rings. The van der Waals surface area contributed by atoms with Crippen LogP contribution in [0.25, 0.3) is 11.0 Å². The van der Waals surface area contributed by atoms with Crippen LogP contribution in [0.3, 0.4) is 0 Å². The second-order valence-electron chi connectivity index (χ2n) is 5.11. The zero-order valence-corrected chi connectivity index (χ0v) is 12.1. The summed E-state index contributed by atoms with van der Waals surface area (Å²) >= 11 is 0. The standard InChI is InChI=1S/C17H19N3O/c1-2-18-10-14-12-20(17-16(14)7-4-8-19-17)11-13-5-3-6-15(21)9-13/h3-9,12,18,21H,2,10-11H2,1H3. The second-order valence-corrected chi connectivity index (χ2v) is 5.11. The molecule has 0 unspecified atom stereocenters. The first kappa shape index (κ1) is 13.6. The quantitative estimate of drug-likeness (QED) is 0.756.